The van der Waals surface area contributed by atoms with Crippen LogP contribution in [0, 0.1) is 5.92 Å². The highest BCUT2D eigenvalue weighted by Gasteiger charge is 2.32. The zero-order valence-electron chi connectivity index (χ0n) is 11.7. The van der Waals surface area contributed by atoms with Crippen molar-refractivity contribution in [1.82, 2.24) is 0 Å². The molecule has 0 aromatic heterocycles. The van der Waals surface area contributed by atoms with Gasteiger partial charge in [0.05, 0.1) is 10.6 Å². The Morgan fingerprint density at radius 3 is 2.33 bits per heavy atom. The minimum Gasteiger partial charge on any atom is -0.370 e. The maximum Gasteiger partial charge on any atom is 0.341 e. The van der Waals surface area contributed by atoms with Gasteiger partial charge in [0.2, 0.25) is 9.84 Å². The van der Waals surface area contributed by atoms with Crippen LogP contribution in [0.4, 0.5) is 14.5 Å². The summed E-state index contributed by atoms with van der Waals surface area (Å²) in [7, 11) is -4.57. The highest BCUT2D eigenvalue weighted by Crippen LogP contribution is 2.33. The average Bonchev–Trinajstić information content (AvgIpc) is 2.47. The van der Waals surface area contributed by atoms with Crippen LogP contribution in [0.1, 0.15) is 19.8 Å². The van der Waals surface area contributed by atoms with E-state index in [1.54, 1.807) is 12.1 Å². The summed E-state index contributed by atoms with van der Waals surface area (Å²) < 4.78 is 49.2. The van der Waals surface area contributed by atoms with E-state index < -0.39 is 15.6 Å². The minimum absolute atomic E-state index is 0.273. The number of nitrogens with zero attached hydrogens (tertiary/aromatic N) is 1. The Hall–Kier alpha value is -0.690. The fraction of sp³-hybridized carbons (Fsp3) is 0.571. The van der Waals surface area contributed by atoms with Crippen LogP contribution >= 0.6 is 15.9 Å². The van der Waals surface area contributed by atoms with Crippen molar-refractivity contribution in [2.45, 2.75) is 35.2 Å². The van der Waals surface area contributed by atoms with Gasteiger partial charge in [-0.25, -0.2) is 8.42 Å². The summed E-state index contributed by atoms with van der Waals surface area (Å²) in [6.07, 6.45) is 1.82. The molecule has 1 fully saturated rings. The topological polar surface area (TPSA) is 37.4 Å². The summed E-state index contributed by atoms with van der Waals surface area (Å²) in [4.78, 5) is 2.02. The highest BCUT2D eigenvalue weighted by atomic mass is 79.9. The smallest absolute Gasteiger partial charge is 0.341 e. The molecule has 0 bridgehead atoms. The lowest BCUT2D eigenvalue weighted by Crippen LogP contribution is -2.36. The molecule has 1 aromatic rings. The second kappa shape index (κ2) is 6.60. The molecule has 0 N–H and O–H groups in total. The van der Waals surface area contributed by atoms with Crippen LogP contribution in [0.3, 0.4) is 0 Å². The average molecular weight is 382 g/mol. The van der Waals surface area contributed by atoms with E-state index in [-0.39, 0.29) is 4.90 Å². The summed E-state index contributed by atoms with van der Waals surface area (Å²) in [6.45, 7) is 3.45. The van der Waals surface area contributed by atoms with E-state index in [1.165, 1.54) is 12.1 Å². The Morgan fingerprint density at radius 1 is 1.24 bits per heavy atom. The van der Waals surface area contributed by atoms with Gasteiger partial charge in [-0.3, -0.25) is 0 Å². The number of rotatable bonds is 4. The lowest BCUT2D eigenvalue weighted by molar-refractivity contribution is 0.234. The minimum atomic E-state index is -4.57. The number of halogens is 3. The molecule has 1 heterocycles. The van der Waals surface area contributed by atoms with Crippen molar-refractivity contribution in [2.24, 2.45) is 5.92 Å². The van der Waals surface area contributed by atoms with E-state index in [4.69, 9.17) is 0 Å². The second-order valence-electron chi connectivity index (χ2n) is 5.28. The molecule has 1 unspecified atom stereocenters. The molecule has 1 aliphatic heterocycles. The Kier molecular flexibility index (Phi) is 5.24. The first-order valence-electron chi connectivity index (χ1n) is 6.84. The van der Waals surface area contributed by atoms with Crippen LogP contribution in [0.5, 0.6) is 0 Å². The third kappa shape index (κ3) is 3.56. The second-order valence-corrected chi connectivity index (χ2v) is 8.61. The van der Waals surface area contributed by atoms with Gasteiger partial charge in [-0.05, 0) is 30.9 Å². The third-order valence-corrected chi connectivity index (χ3v) is 6.11. The van der Waals surface area contributed by atoms with Gasteiger partial charge in [-0.2, -0.15) is 8.78 Å². The van der Waals surface area contributed by atoms with Crippen molar-refractivity contribution in [3.8, 4) is 0 Å². The van der Waals surface area contributed by atoms with Crippen molar-refractivity contribution < 1.29 is 17.2 Å². The molecule has 0 spiro atoms. The zero-order chi connectivity index (χ0) is 15.6. The Balaban J connectivity index is 2.27. The van der Waals surface area contributed by atoms with Gasteiger partial charge in [-0.1, -0.05) is 35.0 Å². The molecule has 2 rings (SSSR count). The first-order chi connectivity index (χ1) is 9.84. The monoisotopic (exact) mass is 381 g/mol. The van der Waals surface area contributed by atoms with Crippen LogP contribution in [0.25, 0.3) is 0 Å². The molecule has 7 heteroatoms. The molecule has 0 saturated carbocycles. The maximum absolute atomic E-state index is 12.8. The molecule has 0 amide bonds. The Bertz CT molecular complexity index is 584. The number of para-hydroxylation sites is 1. The first-order valence-corrected chi connectivity index (χ1v) is 9.30. The maximum atomic E-state index is 12.8. The predicted octanol–water partition coefficient (Wildman–Crippen LogP) is 3.68. The van der Waals surface area contributed by atoms with Crippen LogP contribution in [0.15, 0.2) is 29.2 Å². The van der Waals surface area contributed by atoms with Gasteiger partial charge >= 0.3 is 5.76 Å². The molecule has 1 saturated heterocycles. The summed E-state index contributed by atoms with van der Waals surface area (Å²) in [5.41, 5.74) is 0.387. The van der Waals surface area contributed by atoms with Crippen LogP contribution < -0.4 is 4.90 Å². The number of piperidine rings is 1. The van der Waals surface area contributed by atoms with Crippen molar-refractivity contribution >= 4 is 31.5 Å². The van der Waals surface area contributed by atoms with Crippen molar-refractivity contribution in [2.75, 3.05) is 18.0 Å². The van der Waals surface area contributed by atoms with Gasteiger partial charge < -0.3 is 4.90 Å². The van der Waals surface area contributed by atoms with Crippen LogP contribution in [-0.2, 0) is 9.84 Å². The molecule has 118 valence electrons. The third-order valence-electron chi connectivity index (χ3n) is 3.94. The fourth-order valence-electron chi connectivity index (χ4n) is 2.65. The van der Waals surface area contributed by atoms with Gasteiger partial charge in [0.25, 0.3) is 0 Å². The number of benzene rings is 1. The summed E-state index contributed by atoms with van der Waals surface area (Å²) in [5.74, 6) is -2.86. The summed E-state index contributed by atoms with van der Waals surface area (Å²) in [6, 6.07) is 6.02. The summed E-state index contributed by atoms with van der Waals surface area (Å²) >= 11 is 3.56. The quantitative estimate of drug-likeness (QED) is 0.746. The largest absolute Gasteiger partial charge is 0.370 e. The van der Waals surface area contributed by atoms with Crippen molar-refractivity contribution in [1.29, 1.82) is 0 Å². The standard InChI is InChI=1S/C14H18BrF2NO2S/c1-10(15)11-6-8-18(9-7-11)12-4-2-3-5-13(12)21(19,20)14(16)17/h2-5,10-11,14H,6-9H2,1H3. The van der Waals surface area contributed by atoms with Gasteiger partial charge in [0, 0.05) is 17.9 Å². The molecule has 21 heavy (non-hydrogen) atoms. The Labute approximate surface area is 132 Å². The lowest BCUT2D eigenvalue weighted by Gasteiger charge is -2.35. The van der Waals surface area contributed by atoms with Crippen molar-refractivity contribution in [3.05, 3.63) is 24.3 Å². The van der Waals surface area contributed by atoms with E-state index in [0.717, 1.165) is 12.8 Å². The SMILES string of the molecule is CC(Br)C1CCN(c2ccccc2S(=O)(=O)C(F)F)CC1. The number of hydrogen-bond acceptors (Lipinski definition) is 3. The number of anilines is 1. The van der Waals surface area contributed by atoms with E-state index in [9.17, 15) is 17.2 Å². The van der Waals surface area contributed by atoms with Crippen LogP contribution in [-0.4, -0.2) is 32.1 Å². The first kappa shape index (κ1) is 16.7. The Morgan fingerprint density at radius 2 is 1.81 bits per heavy atom. The number of hydrogen-bond donors (Lipinski definition) is 0. The number of alkyl halides is 3. The van der Waals surface area contributed by atoms with Crippen molar-refractivity contribution in [3.63, 3.8) is 0 Å². The molecule has 1 atom stereocenters. The normalized spacial score (nSPS) is 19.0. The van der Waals surface area contributed by atoms with E-state index in [1.807, 2.05) is 4.90 Å². The van der Waals surface area contributed by atoms with E-state index >= 15 is 0 Å². The molecular weight excluding hydrogens is 364 g/mol. The van der Waals surface area contributed by atoms with Gasteiger partial charge in [0.15, 0.2) is 0 Å². The molecular formula is C14H18BrF2NO2S. The van der Waals surface area contributed by atoms with E-state index in [2.05, 4.69) is 22.9 Å². The van der Waals surface area contributed by atoms with Gasteiger partial charge in [-0.15, -0.1) is 0 Å². The molecule has 1 aromatic carbocycles. The van der Waals surface area contributed by atoms with Crippen LogP contribution in [0.2, 0.25) is 0 Å². The molecule has 0 aliphatic carbocycles. The zero-order valence-corrected chi connectivity index (χ0v) is 14.1. The predicted molar refractivity (Wildman–Crippen MR) is 83.0 cm³/mol. The summed E-state index contributed by atoms with van der Waals surface area (Å²) in [5, 5.41) is 0. The number of sulfone groups is 1. The lowest BCUT2D eigenvalue weighted by atomic mass is 9.94. The highest BCUT2D eigenvalue weighted by molar-refractivity contribution is 9.09. The molecule has 1 aliphatic rings. The molecule has 0 radical (unpaired) electrons. The van der Waals surface area contributed by atoms with E-state index in [0.29, 0.717) is 29.5 Å². The fourth-order valence-corrected chi connectivity index (χ4v) is 4.13. The molecule has 3 nitrogen and oxygen atoms in total. The van der Waals surface area contributed by atoms with Gasteiger partial charge in [0.1, 0.15) is 0 Å².